The van der Waals surface area contributed by atoms with Crippen molar-refractivity contribution in [1.82, 2.24) is 19.6 Å². The molecule has 1 aromatic heterocycles. The van der Waals surface area contributed by atoms with Crippen molar-refractivity contribution in [1.29, 1.82) is 0 Å². The Morgan fingerprint density at radius 2 is 1.69 bits per heavy atom. The number of amides is 1. The molecule has 3 aliphatic heterocycles. The summed E-state index contributed by atoms with van der Waals surface area (Å²) in [5.41, 5.74) is 3.82. The zero-order chi connectivity index (χ0) is 34.3. The van der Waals surface area contributed by atoms with E-state index in [9.17, 15) is 4.79 Å². The highest BCUT2D eigenvalue weighted by Crippen LogP contribution is 2.38. The lowest BCUT2D eigenvalue weighted by molar-refractivity contribution is -0.0367. The average molecular weight is 659 g/mol. The van der Waals surface area contributed by atoms with Crippen LogP contribution in [0.4, 0.5) is 4.79 Å². The summed E-state index contributed by atoms with van der Waals surface area (Å²) >= 11 is 0. The van der Waals surface area contributed by atoms with Crippen molar-refractivity contribution < 1.29 is 28.3 Å². The molecule has 0 N–H and O–H groups in total. The Morgan fingerprint density at radius 3 is 2.33 bits per heavy atom. The normalized spacial score (nSPS) is 21.7. The minimum absolute atomic E-state index is 0.0866. The summed E-state index contributed by atoms with van der Waals surface area (Å²) < 4.78 is 32.1. The van der Waals surface area contributed by atoms with Crippen molar-refractivity contribution in [3.63, 3.8) is 0 Å². The molecule has 258 valence electrons. The molecule has 0 radical (unpaired) electrons. The van der Waals surface area contributed by atoms with Crippen molar-refractivity contribution in [2.24, 2.45) is 0 Å². The second kappa shape index (κ2) is 13.5. The topological polar surface area (TPSA) is 87.5 Å². The summed E-state index contributed by atoms with van der Waals surface area (Å²) in [5.74, 6) is 2.80. The fourth-order valence-electron chi connectivity index (χ4n) is 6.45. The van der Waals surface area contributed by atoms with E-state index in [0.717, 1.165) is 84.5 Å². The van der Waals surface area contributed by atoms with E-state index in [1.807, 2.05) is 37.5 Å². The molecule has 4 heterocycles. The molecule has 3 aliphatic rings. The van der Waals surface area contributed by atoms with Gasteiger partial charge in [-0.15, -0.1) is 0 Å². The number of nitrogens with zero attached hydrogens (tertiary/aromatic N) is 4. The van der Waals surface area contributed by atoms with Gasteiger partial charge in [-0.1, -0.05) is 24.2 Å². The van der Waals surface area contributed by atoms with Gasteiger partial charge in [-0.25, -0.2) is 9.48 Å². The Labute approximate surface area is 285 Å². The fraction of sp³-hybridized carbons (Fsp3) is 0.568. The average Bonchev–Trinajstić information content (AvgIpc) is 3.51. The highest BCUT2D eigenvalue weighted by atomic mass is 16.7. The van der Waals surface area contributed by atoms with Crippen molar-refractivity contribution in [2.45, 2.75) is 97.3 Å². The Balaban J connectivity index is 1.23. The van der Waals surface area contributed by atoms with Crippen LogP contribution in [0.2, 0.25) is 0 Å². The van der Waals surface area contributed by atoms with Gasteiger partial charge in [0.1, 0.15) is 11.4 Å². The highest BCUT2D eigenvalue weighted by molar-refractivity contribution is 6.52. The summed E-state index contributed by atoms with van der Waals surface area (Å²) in [7, 11) is 1.26. The van der Waals surface area contributed by atoms with Crippen LogP contribution in [0, 0.1) is 0 Å². The summed E-state index contributed by atoms with van der Waals surface area (Å²) in [6, 6.07) is 12.9. The van der Waals surface area contributed by atoms with Gasteiger partial charge in [0.05, 0.1) is 29.5 Å². The fourth-order valence-corrected chi connectivity index (χ4v) is 6.45. The van der Waals surface area contributed by atoms with Gasteiger partial charge in [0.25, 0.3) is 0 Å². The molecule has 10 nitrogen and oxygen atoms in total. The van der Waals surface area contributed by atoms with Crippen LogP contribution in [0.25, 0.3) is 28.1 Å². The zero-order valence-corrected chi connectivity index (χ0v) is 29.9. The molecule has 48 heavy (non-hydrogen) atoms. The summed E-state index contributed by atoms with van der Waals surface area (Å²) in [6.07, 6.45) is 4.82. The van der Waals surface area contributed by atoms with Gasteiger partial charge in [-0.3, -0.25) is 4.90 Å². The van der Waals surface area contributed by atoms with Crippen LogP contribution in [0.1, 0.15) is 85.2 Å². The summed E-state index contributed by atoms with van der Waals surface area (Å²) in [5, 5.41) is 6.10. The Bertz CT molecular complexity index is 1630. The van der Waals surface area contributed by atoms with Crippen molar-refractivity contribution in [2.75, 3.05) is 39.9 Å². The van der Waals surface area contributed by atoms with Gasteiger partial charge in [0.2, 0.25) is 0 Å². The Morgan fingerprint density at radius 1 is 1.00 bits per heavy atom. The molecular weight excluding hydrogens is 607 g/mol. The van der Waals surface area contributed by atoms with E-state index in [1.54, 1.807) is 12.0 Å². The van der Waals surface area contributed by atoms with Crippen molar-refractivity contribution in [3.05, 3.63) is 53.6 Å². The van der Waals surface area contributed by atoms with Gasteiger partial charge >= 0.3 is 13.2 Å². The monoisotopic (exact) mass is 658 g/mol. The molecule has 3 aromatic rings. The van der Waals surface area contributed by atoms with E-state index < -0.39 is 23.9 Å². The number of carbonyl (C=O) groups excluding carboxylic acids is 1. The van der Waals surface area contributed by atoms with Gasteiger partial charge in [0, 0.05) is 50.3 Å². The van der Waals surface area contributed by atoms with Crippen LogP contribution in [0.15, 0.2) is 42.4 Å². The van der Waals surface area contributed by atoms with E-state index in [0.29, 0.717) is 13.1 Å². The van der Waals surface area contributed by atoms with Crippen LogP contribution >= 0.6 is 0 Å². The quantitative estimate of drug-likeness (QED) is 0.249. The second-order valence-electron chi connectivity index (χ2n) is 15.1. The maximum atomic E-state index is 12.5. The van der Waals surface area contributed by atoms with Crippen molar-refractivity contribution >= 4 is 30.2 Å². The van der Waals surface area contributed by atoms with E-state index in [4.69, 9.17) is 28.6 Å². The van der Waals surface area contributed by atoms with Gasteiger partial charge in [0.15, 0.2) is 6.23 Å². The maximum Gasteiger partial charge on any atom is 0.487 e. The molecule has 3 saturated heterocycles. The maximum absolute atomic E-state index is 12.5. The molecule has 0 bridgehead atoms. The molecule has 3 fully saturated rings. The number of methoxy groups -OCH3 is 1. The third-order valence-corrected chi connectivity index (χ3v) is 9.88. The second-order valence-corrected chi connectivity index (χ2v) is 15.1. The predicted molar refractivity (Wildman–Crippen MR) is 189 cm³/mol. The largest absolute Gasteiger partial charge is 0.496 e. The number of benzene rings is 2. The molecule has 11 heteroatoms. The molecular formula is C37H51BN4O6. The minimum Gasteiger partial charge on any atom is -0.496 e. The third-order valence-electron chi connectivity index (χ3n) is 9.88. The van der Waals surface area contributed by atoms with Gasteiger partial charge < -0.3 is 28.4 Å². The lowest BCUT2D eigenvalue weighted by Gasteiger charge is -2.35. The summed E-state index contributed by atoms with van der Waals surface area (Å²) in [4.78, 5) is 16.7. The van der Waals surface area contributed by atoms with Gasteiger partial charge in [-0.05, 0) is 103 Å². The lowest BCUT2D eigenvalue weighted by Crippen LogP contribution is -2.49. The standard InChI is InChI=1S/C37H51BN4O6/c1-35(2,3)46-34(43)41-20-18-40(19-21-41)25-28-13-12-27(24-32(28)44-8)26-14-15-31-29(23-26)30(39-42(31)33-11-9-10-22-45-33)16-17-38-47-36(4,5)37(6,7)48-38/h12-17,23-24,33H,9-11,18-22,25H2,1-8H3/b17-16+. The molecule has 1 amide bonds. The number of aromatic nitrogens is 2. The molecule has 0 aliphatic carbocycles. The highest BCUT2D eigenvalue weighted by Gasteiger charge is 2.50. The number of fused-ring (bicyclic) bond motifs is 1. The van der Waals surface area contributed by atoms with E-state index in [2.05, 4.69) is 69.0 Å². The van der Waals surface area contributed by atoms with Crippen LogP contribution < -0.4 is 4.74 Å². The lowest BCUT2D eigenvalue weighted by atomic mass is 9.89. The number of hydrogen-bond donors (Lipinski definition) is 0. The van der Waals surface area contributed by atoms with Gasteiger partial charge in [-0.2, -0.15) is 5.10 Å². The minimum atomic E-state index is -0.495. The van der Waals surface area contributed by atoms with Crippen LogP contribution in [-0.2, 0) is 25.3 Å². The zero-order valence-electron chi connectivity index (χ0n) is 29.9. The van der Waals surface area contributed by atoms with E-state index in [-0.39, 0.29) is 12.3 Å². The van der Waals surface area contributed by atoms with Crippen LogP contribution in [0.3, 0.4) is 0 Å². The van der Waals surface area contributed by atoms with Crippen LogP contribution in [0.5, 0.6) is 5.75 Å². The number of hydrogen-bond acceptors (Lipinski definition) is 8. The molecule has 1 atom stereocenters. The van der Waals surface area contributed by atoms with Crippen molar-refractivity contribution in [3.8, 4) is 16.9 Å². The van der Waals surface area contributed by atoms with E-state index >= 15 is 0 Å². The first-order valence-electron chi connectivity index (χ1n) is 17.3. The summed E-state index contributed by atoms with van der Waals surface area (Å²) in [6.45, 7) is 18.2. The molecule has 6 rings (SSSR count). The first kappa shape index (κ1) is 34.5. The van der Waals surface area contributed by atoms with E-state index in [1.165, 1.54) is 0 Å². The number of ether oxygens (including phenoxy) is 3. The third kappa shape index (κ3) is 7.44. The first-order chi connectivity index (χ1) is 22.7. The molecule has 0 saturated carbocycles. The molecule has 1 unspecified atom stereocenters. The Kier molecular flexibility index (Phi) is 9.70. The molecule has 0 spiro atoms. The predicted octanol–water partition coefficient (Wildman–Crippen LogP) is 7.11. The number of carbonyl (C=O) groups is 1. The first-order valence-corrected chi connectivity index (χ1v) is 17.3. The smallest absolute Gasteiger partial charge is 0.487 e. The SMILES string of the molecule is COc1cc(-c2ccc3c(c2)c(/C=C/B2OC(C)(C)C(C)(C)O2)nn3C2CCCCO2)ccc1CN1CCN(C(=O)OC(C)(C)C)CC1. The Hall–Kier alpha value is -3.38. The van der Waals surface area contributed by atoms with Crippen LogP contribution in [-0.4, -0.2) is 89.5 Å². The molecule has 2 aromatic carbocycles. The number of rotatable bonds is 7. The number of piperazine rings is 1.